The van der Waals surface area contributed by atoms with Crippen molar-refractivity contribution in [3.8, 4) is 11.4 Å². The number of rotatable bonds is 4. The Balaban J connectivity index is 1.47. The summed E-state index contributed by atoms with van der Waals surface area (Å²) in [4.78, 5) is 63.2. The van der Waals surface area contributed by atoms with E-state index in [0.29, 0.717) is 18.1 Å². The Bertz CT molecular complexity index is 1620. The Morgan fingerprint density at radius 1 is 1.14 bits per heavy atom. The Morgan fingerprint density at radius 3 is 2.66 bits per heavy atom. The predicted octanol–water partition coefficient (Wildman–Crippen LogP) is 2.18. The van der Waals surface area contributed by atoms with Crippen LogP contribution in [0.15, 0.2) is 51.8 Å². The van der Waals surface area contributed by atoms with Crippen molar-refractivity contribution in [2.75, 3.05) is 13.1 Å². The number of thiazole rings is 1. The number of fused-ring (bicyclic) bond motifs is 3. The maximum absolute atomic E-state index is 13.5. The van der Waals surface area contributed by atoms with Crippen molar-refractivity contribution in [3.05, 3.63) is 70.3 Å². The van der Waals surface area contributed by atoms with Gasteiger partial charge in [-0.3, -0.25) is 19.2 Å². The molecule has 1 aliphatic rings. The number of amides is 4. The van der Waals surface area contributed by atoms with Crippen LogP contribution in [0.25, 0.3) is 11.4 Å². The topological polar surface area (TPSA) is 177 Å². The van der Waals surface area contributed by atoms with Crippen LogP contribution < -0.4 is 16.0 Å². The third-order valence-electron chi connectivity index (χ3n) is 6.88. The first kappa shape index (κ1) is 30.5. The second-order valence-corrected chi connectivity index (χ2v) is 11.6. The van der Waals surface area contributed by atoms with Gasteiger partial charge in [-0.1, -0.05) is 49.3 Å². The fourth-order valence-electron chi connectivity index (χ4n) is 4.75. The molecule has 0 saturated carbocycles. The molecule has 14 nitrogen and oxygen atoms in total. The summed E-state index contributed by atoms with van der Waals surface area (Å²) in [5.41, 5.74) is 2.52. The van der Waals surface area contributed by atoms with Crippen LogP contribution in [-0.4, -0.2) is 72.6 Å². The third kappa shape index (κ3) is 7.34. The van der Waals surface area contributed by atoms with E-state index >= 15 is 0 Å². The molecule has 1 aliphatic heterocycles. The summed E-state index contributed by atoms with van der Waals surface area (Å²) in [6, 6.07) is 9.18. The van der Waals surface area contributed by atoms with Crippen molar-refractivity contribution < 1.29 is 23.7 Å². The van der Waals surface area contributed by atoms with Gasteiger partial charge in [-0.15, -0.1) is 11.3 Å². The van der Waals surface area contributed by atoms with Crippen molar-refractivity contribution in [1.29, 1.82) is 0 Å². The first-order chi connectivity index (χ1) is 21.2. The molecular weight excluding hydrogens is 586 g/mol. The molecule has 15 heteroatoms. The lowest BCUT2D eigenvalue weighted by Gasteiger charge is -2.22. The van der Waals surface area contributed by atoms with Gasteiger partial charge in [-0.2, -0.15) is 5.10 Å². The minimum atomic E-state index is -0.889. The summed E-state index contributed by atoms with van der Waals surface area (Å²) in [5, 5.41) is 18.6. The molecule has 0 radical (unpaired) electrons. The average molecular weight is 620 g/mol. The number of carbonyl (C=O) groups is 4. The molecule has 4 aromatic rings. The smallest absolute Gasteiger partial charge is 0.274 e. The van der Waals surface area contributed by atoms with Gasteiger partial charge in [0.15, 0.2) is 17.3 Å². The summed E-state index contributed by atoms with van der Waals surface area (Å²) in [6.07, 6.45) is 0.356. The molecular formula is C29H33N9O5S. The second kappa shape index (κ2) is 13.6. The fourth-order valence-corrected chi connectivity index (χ4v) is 5.28. The molecule has 2 atom stereocenters. The minimum absolute atomic E-state index is 0.0202. The highest BCUT2D eigenvalue weighted by Gasteiger charge is 2.28. The highest BCUT2D eigenvalue weighted by molar-refractivity contribution is 7.07. The molecule has 4 heterocycles. The zero-order chi connectivity index (χ0) is 31.2. The molecule has 5 rings (SSSR count). The SMILES string of the molecule is CC(C)C[C@H]1NC(=O)c2cc(on2)CN(C(=O)c2cscn2)CCNC(=O)Cn2nc(-c3ccccc3)nc2[C@H](C)NC1=O. The van der Waals surface area contributed by atoms with Crippen molar-refractivity contribution in [2.24, 2.45) is 5.92 Å². The van der Waals surface area contributed by atoms with Gasteiger partial charge in [-0.25, -0.2) is 14.6 Å². The molecule has 44 heavy (non-hydrogen) atoms. The van der Waals surface area contributed by atoms with Crippen LogP contribution in [0.1, 0.15) is 65.8 Å². The van der Waals surface area contributed by atoms with E-state index in [4.69, 9.17) is 4.52 Å². The second-order valence-electron chi connectivity index (χ2n) is 10.8. The monoisotopic (exact) mass is 619 g/mol. The van der Waals surface area contributed by atoms with E-state index in [-0.39, 0.29) is 61.1 Å². The van der Waals surface area contributed by atoms with Gasteiger partial charge in [0.05, 0.1) is 18.1 Å². The van der Waals surface area contributed by atoms with E-state index in [9.17, 15) is 19.2 Å². The normalized spacial score (nSPS) is 18.5. The first-order valence-corrected chi connectivity index (χ1v) is 15.1. The molecule has 3 N–H and O–H groups in total. The first-order valence-electron chi connectivity index (χ1n) is 14.2. The van der Waals surface area contributed by atoms with E-state index in [1.807, 2.05) is 44.2 Å². The van der Waals surface area contributed by atoms with Crippen LogP contribution in [0.3, 0.4) is 0 Å². The molecule has 3 aromatic heterocycles. The summed E-state index contributed by atoms with van der Waals surface area (Å²) in [7, 11) is 0. The Labute approximate surface area is 257 Å². The van der Waals surface area contributed by atoms with Crippen LogP contribution in [0.5, 0.6) is 0 Å². The lowest BCUT2D eigenvalue weighted by molar-refractivity contribution is -0.124. The van der Waals surface area contributed by atoms with Gasteiger partial charge >= 0.3 is 0 Å². The zero-order valence-corrected chi connectivity index (χ0v) is 25.3. The summed E-state index contributed by atoms with van der Waals surface area (Å²) < 4.78 is 6.83. The highest BCUT2D eigenvalue weighted by atomic mass is 32.1. The molecule has 4 amide bonds. The van der Waals surface area contributed by atoms with Gasteiger partial charge in [0, 0.05) is 30.1 Å². The number of hydrogen-bond acceptors (Lipinski definition) is 10. The van der Waals surface area contributed by atoms with Crippen LogP contribution >= 0.6 is 11.3 Å². The third-order valence-corrected chi connectivity index (χ3v) is 7.47. The fraction of sp³-hybridized carbons (Fsp3) is 0.379. The molecule has 1 aromatic carbocycles. The van der Waals surface area contributed by atoms with E-state index in [1.54, 1.807) is 17.8 Å². The lowest BCUT2D eigenvalue weighted by atomic mass is 10.0. The number of nitrogens with one attached hydrogen (secondary N) is 3. The number of nitrogens with zero attached hydrogens (tertiary/aromatic N) is 6. The van der Waals surface area contributed by atoms with Gasteiger partial charge in [0.25, 0.3) is 11.8 Å². The van der Waals surface area contributed by atoms with Gasteiger partial charge in [-0.05, 0) is 19.3 Å². The molecule has 230 valence electrons. The number of aromatic nitrogens is 5. The Kier molecular flexibility index (Phi) is 9.43. The van der Waals surface area contributed by atoms with Gasteiger partial charge in [0.1, 0.15) is 24.1 Å². The molecule has 0 aliphatic carbocycles. The molecule has 0 unspecified atom stereocenters. The van der Waals surface area contributed by atoms with Gasteiger partial charge < -0.3 is 25.4 Å². The lowest BCUT2D eigenvalue weighted by Crippen LogP contribution is -2.48. The van der Waals surface area contributed by atoms with Crippen LogP contribution in [0.2, 0.25) is 0 Å². The highest BCUT2D eigenvalue weighted by Crippen LogP contribution is 2.20. The predicted molar refractivity (Wildman–Crippen MR) is 159 cm³/mol. The van der Waals surface area contributed by atoms with Gasteiger partial charge in [0.2, 0.25) is 11.8 Å². The van der Waals surface area contributed by atoms with E-state index < -0.39 is 23.9 Å². The minimum Gasteiger partial charge on any atom is -0.359 e. The van der Waals surface area contributed by atoms with E-state index in [2.05, 4.69) is 36.2 Å². The quantitative estimate of drug-likeness (QED) is 0.309. The molecule has 0 saturated heterocycles. The summed E-state index contributed by atoms with van der Waals surface area (Å²) in [5.74, 6) is -0.647. The molecule has 2 bridgehead atoms. The van der Waals surface area contributed by atoms with Crippen LogP contribution in [0, 0.1) is 5.92 Å². The van der Waals surface area contributed by atoms with Crippen LogP contribution in [0.4, 0.5) is 0 Å². The van der Waals surface area contributed by atoms with Crippen LogP contribution in [-0.2, 0) is 22.7 Å². The number of carbonyl (C=O) groups excluding carboxylic acids is 4. The largest absolute Gasteiger partial charge is 0.359 e. The number of hydrogen-bond donors (Lipinski definition) is 3. The van der Waals surface area contributed by atoms with Crippen molar-refractivity contribution >= 4 is 35.0 Å². The maximum atomic E-state index is 13.5. The molecule has 0 spiro atoms. The Morgan fingerprint density at radius 2 is 1.93 bits per heavy atom. The van der Waals surface area contributed by atoms with Crippen molar-refractivity contribution in [1.82, 2.24) is 45.8 Å². The number of benzene rings is 1. The van der Waals surface area contributed by atoms with E-state index in [0.717, 1.165) is 5.56 Å². The van der Waals surface area contributed by atoms with Crippen molar-refractivity contribution in [3.63, 3.8) is 0 Å². The standard InChI is InChI=1S/C29H33N9O5S/c1-17(2)11-21-27(40)32-18(3)26-34-25(19-7-5-4-6-8-19)35-38(26)14-24(39)30-9-10-37(29(42)23-15-44-16-31-23)13-20-12-22(36-43-20)28(41)33-21/h4-8,12,15-18,21H,9-11,13-14H2,1-3H3,(H,30,39)(H,32,40)(H,33,41)/t18-,21+/m0/s1. The maximum Gasteiger partial charge on any atom is 0.274 e. The van der Waals surface area contributed by atoms with E-state index in [1.165, 1.54) is 27.0 Å². The van der Waals surface area contributed by atoms with Crippen molar-refractivity contribution in [2.45, 2.75) is 52.4 Å². The molecule has 0 fully saturated rings. The average Bonchev–Trinajstić information content (AvgIpc) is 3.77. The zero-order valence-electron chi connectivity index (χ0n) is 24.5. The Hall–Kier alpha value is -4.92. The summed E-state index contributed by atoms with van der Waals surface area (Å²) >= 11 is 1.28. The summed E-state index contributed by atoms with van der Waals surface area (Å²) in [6.45, 7) is 5.68.